The minimum atomic E-state index is -0.850. The van der Waals surface area contributed by atoms with Gasteiger partial charge in [0.1, 0.15) is 41.4 Å². The number of carbonyl (C=O) groups excluding carboxylic acids is 1. The molecule has 1 aliphatic rings. The van der Waals surface area contributed by atoms with Crippen LogP contribution in [0.3, 0.4) is 0 Å². The molecule has 1 aliphatic heterocycles. The molecule has 3 atom stereocenters. The van der Waals surface area contributed by atoms with Crippen LogP contribution in [0.1, 0.15) is 65.1 Å². The highest BCUT2D eigenvalue weighted by molar-refractivity contribution is 5.70. The Bertz CT molecular complexity index is 1380. The number of imidazole rings is 1. The highest BCUT2D eigenvalue weighted by Crippen LogP contribution is 2.31. The predicted molar refractivity (Wildman–Crippen MR) is 157 cm³/mol. The number of aliphatic hydroxyl groups is 2. The maximum absolute atomic E-state index is 15.1. The van der Waals surface area contributed by atoms with E-state index in [-0.39, 0.29) is 19.3 Å². The summed E-state index contributed by atoms with van der Waals surface area (Å²) < 4.78 is 34.1. The van der Waals surface area contributed by atoms with Gasteiger partial charge in [0.05, 0.1) is 25.3 Å². The third-order valence-electron chi connectivity index (χ3n) is 6.91. The van der Waals surface area contributed by atoms with E-state index in [1.54, 1.807) is 34.7 Å². The second kappa shape index (κ2) is 12.6. The fourth-order valence-corrected chi connectivity index (χ4v) is 4.86. The largest absolute Gasteiger partial charge is 0.491 e. The second-order valence-corrected chi connectivity index (χ2v) is 11.8. The summed E-state index contributed by atoms with van der Waals surface area (Å²) in [4.78, 5) is 18.5. The number of hydrogen-bond acceptors (Lipinski definition) is 7. The molecule has 9 nitrogen and oxygen atoms in total. The van der Waals surface area contributed by atoms with Crippen LogP contribution in [0.5, 0.6) is 5.75 Å². The second-order valence-electron chi connectivity index (χ2n) is 11.8. The standard InChI is InChI=1S/C32H40FN3O6/c1-21(38)29-34-15-16-35(29)25(18-37)17-28(33)24-9-7-22(8-10-24)23-11-13-27(14-12-23)40-19-26-20-41-32(5,6)36(26)30(39)42-31(2,3)4/h7-17,21,25-26,37-38H,18-20H2,1-6H3/b28-17-/t21-,25?,26?/m0/s1. The van der Waals surface area contributed by atoms with Gasteiger partial charge in [-0.2, -0.15) is 0 Å². The first-order valence-corrected chi connectivity index (χ1v) is 14.0. The first-order valence-electron chi connectivity index (χ1n) is 14.0. The van der Waals surface area contributed by atoms with Crippen molar-refractivity contribution in [2.24, 2.45) is 0 Å². The molecule has 2 unspecified atom stereocenters. The number of amides is 1. The van der Waals surface area contributed by atoms with Gasteiger partial charge in [-0.25, -0.2) is 14.2 Å². The van der Waals surface area contributed by atoms with Crippen LogP contribution in [0.25, 0.3) is 17.0 Å². The monoisotopic (exact) mass is 581 g/mol. The molecular weight excluding hydrogens is 541 g/mol. The smallest absolute Gasteiger partial charge is 0.413 e. The van der Waals surface area contributed by atoms with Crippen LogP contribution in [0.4, 0.5) is 9.18 Å². The summed E-state index contributed by atoms with van der Waals surface area (Å²) in [6, 6.07) is 13.5. The Balaban J connectivity index is 1.40. The van der Waals surface area contributed by atoms with Crippen molar-refractivity contribution >= 4 is 11.9 Å². The molecular formula is C32H40FN3O6. The Morgan fingerprint density at radius 3 is 2.36 bits per heavy atom. The Kier molecular flexibility index (Phi) is 9.40. The average Bonchev–Trinajstić information content (AvgIpc) is 3.54. The van der Waals surface area contributed by atoms with Crippen LogP contribution >= 0.6 is 0 Å². The van der Waals surface area contributed by atoms with E-state index < -0.39 is 35.4 Å². The number of aliphatic hydroxyl groups excluding tert-OH is 2. The number of benzene rings is 2. The van der Waals surface area contributed by atoms with Crippen molar-refractivity contribution in [1.29, 1.82) is 0 Å². The van der Waals surface area contributed by atoms with Crippen molar-refractivity contribution in [2.75, 3.05) is 19.8 Å². The minimum absolute atomic E-state index is 0.245. The highest BCUT2D eigenvalue weighted by atomic mass is 19.1. The van der Waals surface area contributed by atoms with Crippen LogP contribution in [0.15, 0.2) is 67.0 Å². The number of rotatable bonds is 9. The van der Waals surface area contributed by atoms with Gasteiger partial charge in [-0.15, -0.1) is 0 Å². The summed E-state index contributed by atoms with van der Waals surface area (Å²) in [6.07, 6.45) is 3.13. The van der Waals surface area contributed by atoms with E-state index in [4.69, 9.17) is 14.2 Å². The maximum atomic E-state index is 15.1. The SMILES string of the molecule is C[C@H](O)c1nccn1C(/C=C(\F)c1ccc(-c2ccc(OCC3COC(C)(C)N3C(=O)OC(C)(C)C)cc2)cc1)CO. The lowest BCUT2D eigenvalue weighted by Gasteiger charge is -2.35. The van der Waals surface area contributed by atoms with Crippen molar-refractivity contribution in [3.8, 4) is 16.9 Å². The van der Waals surface area contributed by atoms with Crippen LogP contribution in [-0.4, -0.2) is 67.9 Å². The summed E-state index contributed by atoms with van der Waals surface area (Å²) >= 11 is 0. The van der Waals surface area contributed by atoms with E-state index in [0.29, 0.717) is 23.7 Å². The number of aromatic nitrogens is 2. The number of nitrogens with zero attached hydrogens (tertiary/aromatic N) is 3. The summed E-state index contributed by atoms with van der Waals surface area (Å²) in [7, 11) is 0. The number of hydrogen-bond donors (Lipinski definition) is 2. The van der Waals surface area contributed by atoms with Crippen molar-refractivity contribution in [3.63, 3.8) is 0 Å². The number of halogens is 1. The molecule has 0 bridgehead atoms. The molecule has 4 rings (SSSR count). The molecule has 0 aliphatic carbocycles. The van der Waals surface area contributed by atoms with E-state index >= 15 is 4.39 Å². The third kappa shape index (κ3) is 7.36. The van der Waals surface area contributed by atoms with Crippen molar-refractivity contribution < 1.29 is 33.6 Å². The Labute approximate surface area is 246 Å². The van der Waals surface area contributed by atoms with Gasteiger partial charge < -0.3 is 29.0 Å². The molecule has 0 saturated carbocycles. The summed E-state index contributed by atoms with van der Waals surface area (Å²) in [5.41, 5.74) is 0.757. The van der Waals surface area contributed by atoms with Gasteiger partial charge in [-0.3, -0.25) is 4.90 Å². The Morgan fingerprint density at radius 1 is 1.17 bits per heavy atom. The van der Waals surface area contributed by atoms with Gasteiger partial charge >= 0.3 is 6.09 Å². The normalized spacial score (nSPS) is 18.5. The quantitative estimate of drug-likeness (QED) is 0.324. The average molecular weight is 582 g/mol. The molecule has 226 valence electrons. The lowest BCUT2D eigenvalue weighted by Crippen LogP contribution is -2.51. The molecule has 0 spiro atoms. The zero-order chi connectivity index (χ0) is 30.7. The molecule has 1 amide bonds. The highest BCUT2D eigenvalue weighted by Gasteiger charge is 2.46. The molecule has 0 radical (unpaired) electrons. The zero-order valence-corrected chi connectivity index (χ0v) is 25.0. The van der Waals surface area contributed by atoms with Crippen LogP contribution < -0.4 is 4.74 Å². The van der Waals surface area contributed by atoms with E-state index in [1.807, 2.05) is 71.0 Å². The lowest BCUT2D eigenvalue weighted by molar-refractivity contribution is -0.0637. The molecule has 10 heteroatoms. The van der Waals surface area contributed by atoms with Crippen LogP contribution in [0.2, 0.25) is 0 Å². The summed E-state index contributed by atoms with van der Waals surface area (Å²) in [5, 5.41) is 19.7. The van der Waals surface area contributed by atoms with Gasteiger partial charge in [0.15, 0.2) is 0 Å². The Hall–Kier alpha value is -3.73. The summed E-state index contributed by atoms with van der Waals surface area (Å²) in [5.74, 6) is 0.500. The number of ether oxygens (including phenoxy) is 3. The molecule has 1 aromatic heterocycles. The van der Waals surface area contributed by atoms with E-state index in [2.05, 4.69) is 4.98 Å². The van der Waals surface area contributed by atoms with Gasteiger partial charge in [-0.1, -0.05) is 36.4 Å². The predicted octanol–water partition coefficient (Wildman–Crippen LogP) is 5.90. The van der Waals surface area contributed by atoms with E-state index in [1.165, 1.54) is 12.3 Å². The van der Waals surface area contributed by atoms with E-state index in [0.717, 1.165) is 11.1 Å². The van der Waals surface area contributed by atoms with Crippen molar-refractivity contribution in [3.05, 3.63) is 78.4 Å². The maximum Gasteiger partial charge on any atom is 0.413 e. The third-order valence-corrected chi connectivity index (χ3v) is 6.91. The van der Waals surface area contributed by atoms with Crippen molar-refractivity contribution in [2.45, 2.75) is 71.1 Å². The van der Waals surface area contributed by atoms with Gasteiger partial charge in [0, 0.05) is 18.0 Å². The van der Waals surface area contributed by atoms with Crippen LogP contribution in [0, 0.1) is 0 Å². The molecule has 2 aromatic carbocycles. The first-order chi connectivity index (χ1) is 19.8. The summed E-state index contributed by atoms with van der Waals surface area (Å²) in [6.45, 7) is 10.9. The number of carbonyl (C=O) groups is 1. The molecule has 3 aromatic rings. The molecule has 1 saturated heterocycles. The van der Waals surface area contributed by atoms with E-state index in [9.17, 15) is 15.0 Å². The molecule has 2 heterocycles. The molecule has 1 fully saturated rings. The van der Waals surface area contributed by atoms with Crippen molar-refractivity contribution in [1.82, 2.24) is 14.5 Å². The fraction of sp³-hybridized carbons (Fsp3) is 0.438. The van der Waals surface area contributed by atoms with Gasteiger partial charge in [-0.05, 0) is 70.9 Å². The first kappa shape index (κ1) is 31.2. The van der Waals surface area contributed by atoms with Crippen LogP contribution in [-0.2, 0) is 9.47 Å². The molecule has 2 N–H and O–H groups in total. The van der Waals surface area contributed by atoms with Gasteiger partial charge in [0.25, 0.3) is 0 Å². The minimum Gasteiger partial charge on any atom is -0.491 e. The topological polar surface area (TPSA) is 106 Å². The van der Waals surface area contributed by atoms with Gasteiger partial charge in [0.2, 0.25) is 0 Å². The zero-order valence-electron chi connectivity index (χ0n) is 25.0. The lowest BCUT2D eigenvalue weighted by atomic mass is 10.0. The fourth-order valence-electron chi connectivity index (χ4n) is 4.86. The Morgan fingerprint density at radius 2 is 1.79 bits per heavy atom. The molecule has 42 heavy (non-hydrogen) atoms.